The number of nitrogens with zero attached hydrogens (tertiary/aromatic N) is 2. The second kappa shape index (κ2) is 11.4. The van der Waals surface area contributed by atoms with Gasteiger partial charge in [-0.25, -0.2) is 4.98 Å². The molecule has 3 rings (SSSR count). The minimum atomic E-state index is -0.665. The fraction of sp³-hybridized carbons (Fsp3) is 0.500. The molecular formula is C22H32N4O2. The summed E-state index contributed by atoms with van der Waals surface area (Å²) in [5, 5.41) is 3.38. The van der Waals surface area contributed by atoms with Gasteiger partial charge in [-0.05, 0) is 55.4 Å². The Morgan fingerprint density at radius 2 is 2.00 bits per heavy atom. The van der Waals surface area contributed by atoms with Gasteiger partial charge < -0.3 is 15.8 Å². The quantitative estimate of drug-likeness (QED) is 0.713. The van der Waals surface area contributed by atoms with E-state index in [9.17, 15) is 4.79 Å². The molecule has 1 aliphatic heterocycles. The lowest BCUT2D eigenvalue weighted by Crippen LogP contribution is -2.33. The van der Waals surface area contributed by atoms with E-state index >= 15 is 0 Å². The zero-order valence-electron chi connectivity index (χ0n) is 17.2. The molecule has 1 aliphatic rings. The first-order chi connectivity index (χ1) is 13.7. The van der Waals surface area contributed by atoms with E-state index in [0.717, 1.165) is 49.4 Å². The van der Waals surface area contributed by atoms with Crippen molar-refractivity contribution in [1.29, 1.82) is 0 Å². The van der Waals surface area contributed by atoms with Crippen LogP contribution in [0.1, 0.15) is 49.2 Å². The number of nitrogens with two attached hydrogens (primary N) is 1. The highest BCUT2D eigenvalue weighted by Crippen LogP contribution is 2.20. The molecule has 0 aliphatic carbocycles. The van der Waals surface area contributed by atoms with Crippen LogP contribution < -0.4 is 11.1 Å². The van der Waals surface area contributed by atoms with Gasteiger partial charge in [-0.2, -0.15) is 0 Å². The van der Waals surface area contributed by atoms with E-state index in [1.54, 1.807) is 0 Å². The number of fused-ring (bicyclic) bond motifs is 1. The lowest BCUT2D eigenvalue weighted by Gasteiger charge is -2.17. The number of rotatable bonds is 7. The molecule has 152 valence electrons. The number of hydrogen-bond donors (Lipinski definition) is 2. The molecule has 0 radical (unpaired) electrons. The normalized spacial score (nSPS) is 13.4. The summed E-state index contributed by atoms with van der Waals surface area (Å²) in [6.07, 6.45) is 7.47. The number of aromatic nitrogens is 2. The van der Waals surface area contributed by atoms with E-state index in [1.165, 1.54) is 24.7 Å². The highest BCUT2D eigenvalue weighted by atomic mass is 16.5. The number of aryl methyl sites for hydroxylation is 3. The van der Waals surface area contributed by atoms with Gasteiger partial charge in [0.1, 0.15) is 11.9 Å². The summed E-state index contributed by atoms with van der Waals surface area (Å²) in [5.74, 6) is 0.643. The molecule has 0 unspecified atom stereocenters. The smallest absolute Gasteiger partial charge is 0.323 e. The van der Waals surface area contributed by atoms with Crippen molar-refractivity contribution in [2.75, 3.05) is 19.0 Å². The van der Waals surface area contributed by atoms with Crippen molar-refractivity contribution in [3.8, 4) is 0 Å². The number of esters is 1. The lowest BCUT2D eigenvalue weighted by molar-refractivity contribution is -0.142. The molecule has 6 heteroatoms. The Hall–Kier alpha value is -2.47. The third-order valence-electron chi connectivity index (χ3n) is 4.67. The molecule has 6 nitrogen and oxygen atoms in total. The van der Waals surface area contributed by atoms with Crippen molar-refractivity contribution in [3.63, 3.8) is 0 Å². The van der Waals surface area contributed by atoms with Crippen molar-refractivity contribution < 1.29 is 9.53 Å². The fourth-order valence-corrected chi connectivity index (χ4v) is 3.17. The highest BCUT2D eigenvalue weighted by molar-refractivity contribution is 5.75. The number of ether oxygens (including phenoxy) is 1. The first-order valence-corrected chi connectivity index (χ1v) is 10.2. The third-order valence-corrected chi connectivity index (χ3v) is 4.67. The molecule has 0 saturated heterocycles. The van der Waals surface area contributed by atoms with Crippen molar-refractivity contribution in [2.45, 2.75) is 58.4 Å². The number of nitrogens with one attached hydrogen (secondary N) is 1. The average molecular weight is 385 g/mol. The topological polar surface area (TPSA) is 90.1 Å². The summed E-state index contributed by atoms with van der Waals surface area (Å²) >= 11 is 0. The van der Waals surface area contributed by atoms with E-state index in [2.05, 4.69) is 27.2 Å². The molecule has 0 bridgehead atoms. The molecule has 3 N–H and O–H groups in total. The lowest BCUT2D eigenvalue weighted by atomic mass is 10.0. The Balaban J connectivity index is 0.00000136. The maximum atomic E-state index is 11.4. The van der Waals surface area contributed by atoms with Crippen LogP contribution in [-0.4, -0.2) is 35.6 Å². The molecule has 0 aromatic carbocycles. The van der Waals surface area contributed by atoms with Crippen LogP contribution in [0.2, 0.25) is 0 Å². The summed E-state index contributed by atoms with van der Waals surface area (Å²) in [6, 6.07) is 7.65. The minimum Gasteiger partial charge on any atom is -0.468 e. The van der Waals surface area contributed by atoms with Crippen molar-refractivity contribution in [1.82, 2.24) is 9.97 Å². The van der Waals surface area contributed by atoms with Crippen LogP contribution in [-0.2, 0) is 35.2 Å². The number of carbonyl (C=O) groups is 1. The summed E-state index contributed by atoms with van der Waals surface area (Å²) in [6.45, 7) is 5.01. The zero-order valence-corrected chi connectivity index (χ0v) is 17.2. The second-order valence-corrected chi connectivity index (χ2v) is 6.69. The number of carbonyl (C=O) groups excluding carboxylic acids is 1. The Labute approximate surface area is 167 Å². The van der Waals surface area contributed by atoms with E-state index in [4.69, 9.17) is 10.7 Å². The number of pyridine rings is 2. The largest absolute Gasteiger partial charge is 0.468 e. The Morgan fingerprint density at radius 3 is 2.71 bits per heavy atom. The molecule has 3 heterocycles. The summed E-state index contributed by atoms with van der Waals surface area (Å²) in [7, 11) is 1.34. The van der Waals surface area contributed by atoms with E-state index in [-0.39, 0.29) is 0 Å². The SMILES string of the molecule is CC.COC(=O)[C@@H](N)Cc1ccc(CCCc2ccc3c(n2)NCCC3)cn1. The van der Waals surface area contributed by atoms with Gasteiger partial charge in [0.2, 0.25) is 0 Å². The van der Waals surface area contributed by atoms with Gasteiger partial charge in [0.15, 0.2) is 0 Å². The molecule has 1 atom stereocenters. The molecule has 0 fully saturated rings. The molecule has 0 amide bonds. The maximum Gasteiger partial charge on any atom is 0.323 e. The highest BCUT2D eigenvalue weighted by Gasteiger charge is 2.15. The monoisotopic (exact) mass is 384 g/mol. The van der Waals surface area contributed by atoms with Crippen molar-refractivity contribution in [2.24, 2.45) is 5.73 Å². The molecule has 28 heavy (non-hydrogen) atoms. The van der Waals surface area contributed by atoms with Crippen LogP contribution >= 0.6 is 0 Å². The fourth-order valence-electron chi connectivity index (χ4n) is 3.17. The van der Waals surface area contributed by atoms with Gasteiger partial charge >= 0.3 is 5.97 Å². The van der Waals surface area contributed by atoms with Crippen LogP contribution in [0, 0.1) is 0 Å². The van der Waals surface area contributed by atoms with Gasteiger partial charge in [0.05, 0.1) is 7.11 Å². The number of hydrogen-bond acceptors (Lipinski definition) is 6. The summed E-state index contributed by atoms with van der Waals surface area (Å²) < 4.78 is 4.64. The second-order valence-electron chi connectivity index (χ2n) is 6.69. The van der Waals surface area contributed by atoms with Crippen LogP contribution in [0.25, 0.3) is 0 Å². The van der Waals surface area contributed by atoms with Crippen molar-refractivity contribution >= 4 is 11.8 Å². The molecule has 2 aromatic rings. The maximum absolute atomic E-state index is 11.4. The standard InChI is InChI=1S/C20H26N4O2.C2H6/c1-26-20(25)18(21)12-17-9-7-14(13-23-17)4-2-6-16-10-8-15-5-3-11-22-19(15)24-16;1-2/h7-10,13,18H,2-6,11-12,21H2,1H3,(H,22,24);1-2H3/t18-;/m0./s1. The van der Waals surface area contributed by atoms with Crippen LogP contribution in [0.15, 0.2) is 30.5 Å². The molecule has 2 aromatic heterocycles. The first kappa shape index (κ1) is 21.8. The first-order valence-electron chi connectivity index (χ1n) is 10.2. The number of anilines is 1. The Kier molecular flexibility index (Phi) is 8.88. The van der Waals surface area contributed by atoms with Crippen LogP contribution in [0.5, 0.6) is 0 Å². The third kappa shape index (κ3) is 6.30. The Morgan fingerprint density at radius 1 is 1.21 bits per heavy atom. The summed E-state index contributed by atoms with van der Waals surface area (Å²) in [5.41, 5.74) is 10.2. The molecule has 0 spiro atoms. The van der Waals surface area contributed by atoms with Gasteiger partial charge in [0, 0.05) is 30.6 Å². The van der Waals surface area contributed by atoms with E-state index < -0.39 is 12.0 Å². The summed E-state index contributed by atoms with van der Waals surface area (Å²) in [4.78, 5) is 20.5. The van der Waals surface area contributed by atoms with Crippen LogP contribution in [0.3, 0.4) is 0 Å². The minimum absolute atomic E-state index is 0.388. The molecular weight excluding hydrogens is 352 g/mol. The number of methoxy groups -OCH3 is 1. The van der Waals surface area contributed by atoms with Crippen molar-refractivity contribution in [3.05, 3.63) is 53.0 Å². The van der Waals surface area contributed by atoms with Gasteiger partial charge in [-0.15, -0.1) is 0 Å². The Bertz CT molecular complexity index is 747. The van der Waals surface area contributed by atoms with E-state index in [0.29, 0.717) is 6.42 Å². The van der Waals surface area contributed by atoms with E-state index in [1.807, 2.05) is 32.2 Å². The predicted octanol–water partition coefficient (Wildman–Crippen LogP) is 3.08. The van der Waals surface area contributed by atoms with Crippen LogP contribution in [0.4, 0.5) is 5.82 Å². The zero-order chi connectivity index (χ0) is 20.4. The predicted molar refractivity (Wildman–Crippen MR) is 112 cm³/mol. The van der Waals surface area contributed by atoms with Gasteiger partial charge in [0.25, 0.3) is 0 Å². The van der Waals surface area contributed by atoms with Gasteiger partial charge in [-0.1, -0.05) is 26.0 Å². The van der Waals surface area contributed by atoms with Gasteiger partial charge in [-0.3, -0.25) is 9.78 Å². The molecule has 0 saturated carbocycles. The average Bonchev–Trinajstić information content (AvgIpc) is 2.75.